The van der Waals surface area contributed by atoms with Crippen molar-refractivity contribution >= 4 is 46.1 Å². The van der Waals surface area contributed by atoms with Crippen molar-refractivity contribution in [1.29, 1.82) is 0 Å². The van der Waals surface area contributed by atoms with Crippen molar-refractivity contribution in [2.75, 3.05) is 57.2 Å². The number of nitrogens with zero attached hydrogens (tertiary/aromatic N) is 3. The molecule has 3 rings (SSSR count). The molecule has 2 aromatic carbocycles. The summed E-state index contributed by atoms with van der Waals surface area (Å²) in [5.41, 5.74) is 1.85. The van der Waals surface area contributed by atoms with Gasteiger partial charge in [-0.15, -0.1) is 0 Å². The molecule has 1 atom stereocenters. The van der Waals surface area contributed by atoms with Crippen LogP contribution in [0.5, 0.6) is 0 Å². The van der Waals surface area contributed by atoms with Gasteiger partial charge in [-0.2, -0.15) is 0 Å². The molecule has 2 N–H and O–H groups in total. The van der Waals surface area contributed by atoms with Crippen LogP contribution in [0.3, 0.4) is 0 Å². The van der Waals surface area contributed by atoms with Crippen molar-refractivity contribution < 1.29 is 13.6 Å². The minimum Gasteiger partial charge on any atom is -0.351 e. The number of piperazine rings is 1. The maximum absolute atomic E-state index is 12.4. The van der Waals surface area contributed by atoms with Crippen LogP contribution in [0.25, 0.3) is 0 Å². The van der Waals surface area contributed by atoms with E-state index < -0.39 is 11.3 Å². The van der Waals surface area contributed by atoms with Crippen LogP contribution in [-0.2, 0) is 17.7 Å². The molecule has 0 saturated carbocycles. The van der Waals surface area contributed by atoms with Gasteiger partial charge in [0.2, 0.25) is 0 Å². The van der Waals surface area contributed by atoms with E-state index in [0.717, 1.165) is 38.3 Å². The van der Waals surface area contributed by atoms with E-state index in [2.05, 4.69) is 22.2 Å². The first-order valence-electron chi connectivity index (χ1n) is 10.5. The molecule has 0 aromatic heterocycles. The maximum Gasteiger partial charge on any atom is 0.261 e. The van der Waals surface area contributed by atoms with E-state index in [1.807, 2.05) is 6.07 Å². The Kier molecular flexibility index (Phi) is 9.34. The number of anilines is 1. The third kappa shape index (κ3) is 6.91. The second-order valence-electron chi connectivity index (χ2n) is 7.74. The number of benzene rings is 2. The van der Waals surface area contributed by atoms with E-state index in [1.54, 1.807) is 36.4 Å². The zero-order valence-corrected chi connectivity index (χ0v) is 20.3. The molecule has 1 amide bonds. The summed E-state index contributed by atoms with van der Waals surface area (Å²) in [6.07, 6.45) is 0.445. The number of rotatable bonds is 9. The topological polar surface area (TPSA) is 76.1 Å². The minimum absolute atomic E-state index is 0.159. The van der Waals surface area contributed by atoms with E-state index >= 15 is 0 Å². The molecule has 0 spiro atoms. The van der Waals surface area contributed by atoms with Crippen molar-refractivity contribution in [2.24, 2.45) is 0 Å². The normalized spacial score (nSPS) is 16.0. The van der Waals surface area contributed by atoms with Gasteiger partial charge in [0.15, 0.2) is 0 Å². The van der Waals surface area contributed by atoms with Gasteiger partial charge in [-0.3, -0.25) is 18.6 Å². The van der Waals surface area contributed by atoms with Crippen molar-refractivity contribution in [3.63, 3.8) is 0 Å². The Morgan fingerprint density at radius 2 is 1.81 bits per heavy atom. The number of amides is 1. The van der Waals surface area contributed by atoms with Crippen LogP contribution in [-0.4, -0.2) is 77.3 Å². The standard InChI is InChI=1S/C22H28Cl2N4O3S/c1-26-13-15-27(16-14-26)12-10-25-22(29)18-5-7-19(8-6-18)28(32(30)31)11-9-17-3-2-4-20(23)21(17)24/h2-8H,9-16H2,1H3,(H,25,29)(H,30,31). The van der Waals surface area contributed by atoms with Gasteiger partial charge in [0, 0.05) is 51.4 Å². The third-order valence-corrected chi connectivity index (χ3v) is 7.16. The Morgan fingerprint density at radius 3 is 2.47 bits per heavy atom. The number of hydrogen-bond acceptors (Lipinski definition) is 4. The number of carbonyl (C=O) groups excluding carboxylic acids is 1. The molecule has 0 bridgehead atoms. The lowest BCUT2D eigenvalue weighted by molar-refractivity contribution is 0.0941. The van der Waals surface area contributed by atoms with E-state index in [9.17, 15) is 13.6 Å². The first kappa shape index (κ1) is 25.0. The maximum atomic E-state index is 12.4. The Balaban J connectivity index is 1.54. The summed E-state index contributed by atoms with van der Waals surface area (Å²) in [5, 5.41) is 3.84. The molecule has 1 unspecified atom stereocenters. The highest BCUT2D eigenvalue weighted by atomic mass is 35.5. The molecule has 0 radical (unpaired) electrons. The summed E-state index contributed by atoms with van der Waals surface area (Å²) in [5.74, 6) is -0.159. The first-order chi connectivity index (χ1) is 15.3. The van der Waals surface area contributed by atoms with Crippen molar-refractivity contribution in [3.8, 4) is 0 Å². The second kappa shape index (κ2) is 12.0. The molecule has 0 aliphatic carbocycles. The van der Waals surface area contributed by atoms with Gasteiger partial charge in [-0.1, -0.05) is 35.3 Å². The van der Waals surface area contributed by atoms with Gasteiger partial charge in [0.1, 0.15) is 0 Å². The van der Waals surface area contributed by atoms with Gasteiger partial charge in [-0.05, 0) is 49.4 Å². The summed E-state index contributed by atoms with van der Waals surface area (Å²) in [6.45, 7) is 5.77. The fraction of sp³-hybridized carbons (Fsp3) is 0.409. The average Bonchev–Trinajstić information content (AvgIpc) is 2.78. The van der Waals surface area contributed by atoms with Gasteiger partial charge in [-0.25, -0.2) is 4.21 Å². The van der Waals surface area contributed by atoms with Gasteiger partial charge < -0.3 is 10.2 Å². The molecule has 1 heterocycles. The molecular formula is C22H28Cl2N4O3S. The summed E-state index contributed by atoms with van der Waals surface area (Å²) in [4.78, 5) is 17.1. The summed E-state index contributed by atoms with van der Waals surface area (Å²) >= 11 is 10.0. The highest BCUT2D eigenvalue weighted by Gasteiger charge is 2.16. The van der Waals surface area contributed by atoms with Crippen molar-refractivity contribution in [3.05, 3.63) is 63.6 Å². The predicted molar refractivity (Wildman–Crippen MR) is 131 cm³/mol. The summed E-state index contributed by atoms with van der Waals surface area (Å²) < 4.78 is 23.0. The predicted octanol–water partition coefficient (Wildman–Crippen LogP) is 3.16. The van der Waals surface area contributed by atoms with E-state index in [0.29, 0.717) is 34.3 Å². The van der Waals surface area contributed by atoms with Crippen LogP contribution in [0.15, 0.2) is 42.5 Å². The minimum atomic E-state index is -2.22. The number of likely N-dealkylation sites (N-methyl/N-ethyl adjacent to an activating group) is 1. The van der Waals surface area contributed by atoms with Gasteiger partial charge in [0.25, 0.3) is 17.2 Å². The van der Waals surface area contributed by atoms with Crippen molar-refractivity contribution in [1.82, 2.24) is 15.1 Å². The van der Waals surface area contributed by atoms with Crippen molar-refractivity contribution in [2.45, 2.75) is 6.42 Å². The van der Waals surface area contributed by atoms with E-state index in [1.165, 1.54) is 4.31 Å². The largest absolute Gasteiger partial charge is 0.351 e. The Bertz CT molecular complexity index is 937. The third-order valence-electron chi connectivity index (χ3n) is 5.53. The second-order valence-corrected chi connectivity index (χ2v) is 9.43. The molecule has 174 valence electrons. The van der Waals surface area contributed by atoms with Crippen LogP contribution < -0.4 is 9.62 Å². The SMILES string of the molecule is CN1CCN(CCNC(=O)c2ccc(N(CCc3cccc(Cl)c3Cl)S(=O)O)cc2)CC1. The fourth-order valence-electron chi connectivity index (χ4n) is 3.54. The highest BCUT2D eigenvalue weighted by Crippen LogP contribution is 2.26. The van der Waals surface area contributed by atoms with E-state index in [-0.39, 0.29) is 12.5 Å². The van der Waals surface area contributed by atoms with Crippen LogP contribution in [0.4, 0.5) is 5.69 Å². The molecular weight excluding hydrogens is 471 g/mol. The van der Waals surface area contributed by atoms with Crippen LogP contribution in [0.1, 0.15) is 15.9 Å². The van der Waals surface area contributed by atoms with Crippen LogP contribution in [0.2, 0.25) is 10.0 Å². The lowest BCUT2D eigenvalue weighted by atomic mass is 10.1. The number of carbonyl (C=O) groups is 1. The molecule has 10 heteroatoms. The smallest absolute Gasteiger partial charge is 0.261 e. The zero-order valence-electron chi connectivity index (χ0n) is 18.0. The Morgan fingerprint density at radius 1 is 1.12 bits per heavy atom. The molecule has 1 aliphatic rings. The molecule has 7 nitrogen and oxygen atoms in total. The first-order valence-corrected chi connectivity index (χ1v) is 12.3. The molecule has 1 saturated heterocycles. The van der Waals surface area contributed by atoms with Gasteiger partial charge >= 0.3 is 0 Å². The number of hydrogen-bond donors (Lipinski definition) is 2. The van der Waals surface area contributed by atoms with Crippen LogP contribution in [0, 0.1) is 0 Å². The number of halogens is 2. The molecule has 2 aromatic rings. The quantitative estimate of drug-likeness (QED) is 0.519. The monoisotopic (exact) mass is 498 g/mol. The molecule has 32 heavy (non-hydrogen) atoms. The lowest BCUT2D eigenvalue weighted by Crippen LogP contribution is -2.46. The average molecular weight is 499 g/mol. The molecule has 1 aliphatic heterocycles. The fourth-order valence-corrected chi connectivity index (χ4v) is 4.51. The van der Waals surface area contributed by atoms with Gasteiger partial charge in [0.05, 0.1) is 15.7 Å². The zero-order chi connectivity index (χ0) is 23.1. The van der Waals surface area contributed by atoms with Crippen LogP contribution >= 0.6 is 23.2 Å². The van der Waals surface area contributed by atoms with E-state index in [4.69, 9.17) is 23.2 Å². The number of nitrogens with one attached hydrogen (secondary N) is 1. The lowest BCUT2D eigenvalue weighted by Gasteiger charge is -2.32. The Labute approximate surface area is 201 Å². The summed E-state index contributed by atoms with van der Waals surface area (Å²) in [7, 11) is 2.11. The molecule has 1 fully saturated rings. The summed E-state index contributed by atoms with van der Waals surface area (Å²) in [6, 6.07) is 12.0. The highest BCUT2D eigenvalue weighted by molar-refractivity contribution is 7.80. The Hall–Kier alpha value is -1.68.